The van der Waals surface area contributed by atoms with Crippen LogP contribution >= 0.6 is 0 Å². The van der Waals surface area contributed by atoms with Crippen molar-refractivity contribution in [1.29, 1.82) is 0 Å². The van der Waals surface area contributed by atoms with E-state index in [9.17, 15) is 9.90 Å². The van der Waals surface area contributed by atoms with E-state index in [0.29, 0.717) is 5.56 Å². The molecule has 0 aliphatic carbocycles. The topological polar surface area (TPSA) is 55.1 Å². The van der Waals surface area contributed by atoms with Crippen LogP contribution in [0.25, 0.3) is 22.2 Å². The second kappa shape index (κ2) is 8.76. The van der Waals surface area contributed by atoms with Crippen molar-refractivity contribution in [3.05, 3.63) is 88.7 Å². The number of rotatable bonds is 7. The van der Waals surface area contributed by atoms with E-state index in [1.165, 1.54) is 22.2 Å². The molecule has 0 atom stereocenters. The zero-order chi connectivity index (χ0) is 22.0. The Balaban J connectivity index is 1.69. The molecule has 31 heavy (non-hydrogen) atoms. The van der Waals surface area contributed by atoms with Crippen LogP contribution in [0.15, 0.2) is 60.7 Å². The number of benzene rings is 3. The Labute approximate surface area is 183 Å². The Bertz CT molecular complexity index is 1240. The average Bonchev–Trinajstić information content (AvgIpc) is 3.09. The highest BCUT2D eigenvalue weighted by molar-refractivity contribution is 5.96. The fraction of sp³-hybridized carbons (Fsp3) is 0.259. The predicted octanol–water partition coefficient (Wildman–Crippen LogP) is 6.41. The molecule has 4 aromatic rings. The normalized spacial score (nSPS) is 11.2. The van der Waals surface area contributed by atoms with Gasteiger partial charge in [-0.05, 0) is 66.3 Å². The van der Waals surface area contributed by atoms with Crippen molar-refractivity contribution in [3.8, 4) is 11.1 Å². The lowest BCUT2D eigenvalue weighted by Crippen LogP contribution is -2.06. The molecule has 1 heterocycles. The summed E-state index contributed by atoms with van der Waals surface area (Å²) < 4.78 is 2.33. The molecule has 0 spiro atoms. The van der Waals surface area contributed by atoms with Crippen molar-refractivity contribution in [2.24, 2.45) is 0 Å². The van der Waals surface area contributed by atoms with Crippen molar-refractivity contribution in [1.82, 2.24) is 9.55 Å². The third-order valence-corrected chi connectivity index (χ3v) is 5.96. The minimum absolute atomic E-state index is 0.323. The van der Waals surface area contributed by atoms with Crippen molar-refractivity contribution in [2.75, 3.05) is 0 Å². The van der Waals surface area contributed by atoms with Gasteiger partial charge in [0.2, 0.25) is 0 Å². The van der Waals surface area contributed by atoms with Crippen molar-refractivity contribution < 1.29 is 9.90 Å². The maximum absolute atomic E-state index is 11.6. The maximum Gasteiger partial charge on any atom is 0.336 e. The number of aromatic carboxylic acids is 1. The zero-order valence-corrected chi connectivity index (χ0v) is 18.4. The van der Waals surface area contributed by atoms with Gasteiger partial charge < -0.3 is 9.67 Å². The van der Waals surface area contributed by atoms with E-state index in [1.807, 2.05) is 24.3 Å². The third-order valence-electron chi connectivity index (χ3n) is 5.96. The van der Waals surface area contributed by atoms with Crippen LogP contribution in [0, 0.1) is 13.8 Å². The summed E-state index contributed by atoms with van der Waals surface area (Å²) in [4.78, 5) is 16.5. The third kappa shape index (κ3) is 4.24. The summed E-state index contributed by atoms with van der Waals surface area (Å²) in [6, 6.07) is 19.8. The van der Waals surface area contributed by atoms with Gasteiger partial charge in [0.05, 0.1) is 16.6 Å². The first-order valence-electron chi connectivity index (χ1n) is 10.9. The Kier molecular flexibility index (Phi) is 5.90. The molecule has 4 nitrogen and oxygen atoms in total. The van der Waals surface area contributed by atoms with Gasteiger partial charge in [0.15, 0.2) is 0 Å². The van der Waals surface area contributed by atoms with Gasteiger partial charge in [0, 0.05) is 13.0 Å². The molecule has 0 unspecified atom stereocenters. The molecule has 0 bridgehead atoms. The predicted molar refractivity (Wildman–Crippen MR) is 126 cm³/mol. The lowest BCUT2D eigenvalue weighted by molar-refractivity contribution is 0.0697. The number of hydrogen-bond acceptors (Lipinski definition) is 2. The van der Waals surface area contributed by atoms with E-state index in [0.717, 1.165) is 48.3 Å². The molecule has 0 saturated heterocycles. The minimum Gasteiger partial charge on any atom is -0.478 e. The number of hydrogen-bond donors (Lipinski definition) is 1. The average molecular weight is 413 g/mol. The van der Waals surface area contributed by atoms with Gasteiger partial charge in [-0.1, -0.05) is 55.8 Å². The fourth-order valence-electron chi connectivity index (χ4n) is 4.03. The molecule has 0 fully saturated rings. The highest BCUT2D eigenvalue weighted by atomic mass is 16.4. The van der Waals surface area contributed by atoms with Crippen LogP contribution in [0.5, 0.6) is 0 Å². The number of fused-ring (bicyclic) bond motifs is 1. The fourth-order valence-corrected chi connectivity index (χ4v) is 4.03. The SMILES string of the molecule is CCCCc1nc2cc(C)c(C)cc2n1Cc1ccc(-c2ccccc2C(=O)O)cc1. The number of unbranched alkanes of at least 4 members (excludes halogenated alkanes) is 1. The summed E-state index contributed by atoms with van der Waals surface area (Å²) in [6.45, 7) is 7.23. The standard InChI is InChI=1S/C27H28N2O2/c1-4-5-10-26-28-24-15-18(2)19(3)16-25(24)29(26)17-20-11-13-21(14-12-20)22-8-6-7-9-23(22)27(30)31/h6-9,11-16H,4-5,10,17H2,1-3H3,(H,30,31). The summed E-state index contributed by atoms with van der Waals surface area (Å²) in [5.74, 6) is 0.220. The molecule has 0 aliphatic rings. The van der Waals surface area contributed by atoms with Gasteiger partial charge in [0.25, 0.3) is 0 Å². The van der Waals surface area contributed by atoms with Gasteiger partial charge in [-0.2, -0.15) is 0 Å². The van der Waals surface area contributed by atoms with Gasteiger partial charge >= 0.3 is 5.97 Å². The first-order valence-corrected chi connectivity index (χ1v) is 10.9. The van der Waals surface area contributed by atoms with Crippen LogP contribution in [-0.4, -0.2) is 20.6 Å². The molecular weight excluding hydrogens is 384 g/mol. The molecule has 4 rings (SSSR count). The Morgan fingerprint density at radius 2 is 1.71 bits per heavy atom. The van der Waals surface area contributed by atoms with E-state index in [1.54, 1.807) is 12.1 Å². The number of imidazole rings is 1. The second-order valence-corrected chi connectivity index (χ2v) is 8.19. The second-order valence-electron chi connectivity index (χ2n) is 8.19. The van der Waals surface area contributed by atoms with Gasteiger partial charge in [-0.3, -0.25) is 0 Å². The van der Waals surface area contributed by atoms with Gasteiger partial charge in [-0.25, -0.2) is 9.78 Å². The zero-order valence-electron chi connectivity index (χ0n) is 18.4. The van der Waals surface area contributed by atoms with Crippen LogP contribution in [-0.2, 0) is 13.0 Å². The van der Waals surface area contributed by atoms with Crippen molar-refractivity contribution >= 4 is 17.0 Å². The summed E-state index contributed by atoms with van der Waals surface area (Å²) >= 11 is 0. The van der Waals surface area contributed by atoms with Crippen LogP contribution in [0.1, 0.15) is 52.6 Å². The van der Waals surface area contributed by atoms with Crippen LogP contribution in [0.3, 0.4) is 0 Å². The number of carboxylic acids is 1. The first kappa shape index (κ1) is 20.9. The molecule has 0 amide bonds. The Morgan fingerprint density at radius 3 is 2.42 bits per heavy atom. The monoisotopic (exact) mass is 412 g/mol. The Hall–Kier alpha value is -3.40. The van der Waals surface area contributed by atoms with E-state index in [4.69, 9.17) is 4.98 Å². The van der Waals surface area contributed by atoms with Crippen molar-refractivity contribution in [3.63, 3.8) is 0 Å². The molecule has 1 aromatic heterocycles. The van der Waals surface area contributed by atoms with E-state index in [2.05, 4.69) is 49.6 Å². The van der Waals surface area contributed by atoms with Crippen molar-refractivity contribution in [2.45, 2.75) is 46.6 Å². The summed E-state index contributed by atoms with van der Waals surface area (Å²) in [7, 11) is 0. The summed E-state index contributed by atoms with van der Waals surface area (Å²) in [5.41, 5.74) is 7.92. The van der Waals surface area contributed by atoms with Crippen LogP contribution in [0.4, 0.5) is 0 Å². The van der Waals surface area contributed by atoms with Gasteiger partial charge in [0.1, 0.15) is 5.82 Å². The Morgan fingerprint density at radius 1 is 1.00 bits per heavy atom. The first-order chi connectivity index (χ1) is 15.0. The number of carboxylic acid groups (broad SMARTS) is 1. The van der Waals surface area contributed by atoms with Crippen LogP contribution in [0.2, 0.25) is 0 Å². The molecule has 3 aromatic carbocycles. The molecule has 0 radical (unpaired) electrons. The van der Waals surface area contributed by atoms with E-state index < -0.39 is 5.97 Å². The van der Waals surface area contributed by atoms with Gasteiger partial charge in [-0.15, -0.1) is 0 Å². The minimum atomic E-state index is -0.907. The highest BCUT2D eigenvalue weighted by Crippen LogP contribution is 2.26. The quantitative estimate of drug-likeness (QED) is 0.382. The molecule has 4 heteroatoms. The largest absolute Gasteiger partial charge is 0.478 e. The molecular formula is C27H28N2O2. The number of nitrogens with zero attached hydrogens (tertiary/aromatic N) is 2. The maximum atomic E-state index is 11.6. The van der Waals surface area contributed by atoms with E-state index >= 15 is 0 Å². The smallest absolute Gasteiger partial charge is 0.336 e. The summed E-state index contributed by atoms with van der Waals surface area (Å²) in [5, 5.41) is 9.49. The molecule has 0 saturated carbocycles. The highest BCUT2D eigenvalue weighted by Gasteiger charge is 2.14. The molecule has 1 N–H and O–H groups in total. The lowest BCUT2D eigenvalue weighted by Gasteiger charge is -2.12. The number of aromatic nitrogens is 2. The molecule has 0 aliphatic heterocycles. The summed E-state index contributed by atoms with van der Waals surface area (Å²) in [6.07, 6.45) is 3.22. The van der Waals surface area contributed by atoms with Crippen LogP contribution < -0.4 is 0 Å². The number of aryl methyl sites for hydroxylation is 3. The molecule has 158 valence electrons. The lowest BCUT2D eigenvalue weighted by atomic mass is 9.98. The van der Waals surface area contributed by atoms with E-state index in [-0.39, 0.29) is 0 Å². The number of carbonyl (C=O) groups is 1.